The van der Waals surface area contributed by atoms with Crippen LogP contribution in [0.1, 0.15) is 18.4 Å². The van der Waals surface area contributed by atoms with Gasteiger partial charge in [-0.05, 0) is 32.0 Å². The van der Waals surface area contributed by atoms with Crippen molar-refractivity contribution in [2.75, 3.05) is 46.4 Å². The summed E-state index contributed by atoms with van der Waals surface area (Å²) in [5.74, 6) is 0.440. The zero-order chi connectivity index (χ0) is 16.8. The molecule has 3 rings (SSSR count). The molecule has 1 N–H and O–H groups in total. The van der Waals surface area contributed by atoms with Gasteiger partial charge < -0.3 is 19.5 Å². The van der Waals surface area contributed by atoms with Gasteiger partial charge in [0.05, 0.1) is 19.3 Å². The lowest BCUT2D eigenvalue weighted by atomic mass is 9.97. The SMILES string of the molecule is CN(Cc1ccccc1)CC(O)CN1CCCC(C2OCCO2)C1. The van der Waals surface area contributed by atoms with E-state index >= 15 is 0 Å². The van der Waals surface area contributed by atoms with Gasteiger partial charge in [-0.2, -0.15) is 0 Å². The fourth-order valence-corrected chi connectivity index (χ4v) is 3.80. The van der Waals surface area contributed by atoms with Gasteiger partial charge in [-0.15, -0.1) is 0 Å². The number of likely N-dealkylation sites (tertiary alicyclic amines) is 1. The molecule has 0 aromatic heterocycles. The van der Waals surface area contributed by atoms with Crippen molar-refractivity contribution in [1.82, 2.24) is 9.80 Å². The summed E-state index contributed by atoms with van der Waals surface area (Å²) < 4.78 is 11.3. The normalized spacial score (nSPS) is 24.5. The van der Waals surface area contributed by atoms with Crippen molar-refractivity contribution in [3.63, 3.8) is 0 Å². The first-order valence-electron chi connectivity index (χ1n) is 9.07. The first-order chi connectivity index (χ1) is 11.7. The molecule has 24 heavy (non-hydrogen) atoms. The zero-order valence-corrected chi connectivity index (χ0v) is 14.6. The summed E-state index contributed by atoms with van der Waals surface area (Å²) in [5, 5.41) is 10.5. The molecule has 1 aromatic carbocycles. The molecule has 5 nitrogen and oxygen atoms in total. The number of rotatable bonds is 7. The molecule has 134 valence electrons. The van der Waals surface area contributed by atoms with Crippen LogP contribution in [0, 0.1) is 5.92 Å². The summed E-state index contributed by atoms with van der Waals surface area (Å²) in [6.45, 7) is 5.73. The molecule has 2 atom stereocenters. The van der Waals surface area contributed by atoms with E-state index in [0.29, 0.717) is 25.7 Å². The third-order valence-corrected chi connectivity index (χ3v) is 4.86. The number of β-amino-alcohol motifs (C(OH)–C–C–N with tert-alkyl or cyclic N) is 1. The molecule has 0 spiro atoms. The predicted octanol–water partition coefficient (Wildman–Crippen LogP) is 1.56. The number of likely N-dealkylation sites (N-methyl/N-ethyl adjacent to an activating group) is 1. The minimum Gasteiger partial charge on any atom is -0.390 e. The average molecular weight is 334 g/mol. The Morgan fingerprint density at radius 2 is 2.00 bits per heavy atom. The number of aliphatic hydroxyl groups is 1. The van der Waals surface area contributed by atoms with E-state index in [9.17, 15) is 5.11 Å². The molecule has 1 aromatic rings. The van der Waals surface area contributed by atoms with E-state index < -0.39 is 0 Å². The van der Waals surface area contributed by atoms with Gasteiger partial charge in [0.1, 0.15) is 0 Å². The number of ether oxygens (including phenoxy) is 2. The number of hydrogen-bond acceptors (Lipinski definition) is 5. The highest BCUT2D eigenvalue weighted by Gasteiger charge is 2.31. The average Bonchev–Trinajstić information content (AvgIpc) is 3.10. The first-order valence-corrected chi connectivity index (χ1v) is 9.07. The molecule has 2 aliphatic heterocycles. The predicted molar refractivity (Wildman–Crippen MR) is 93.6 cm³/mol. The highest BCUT2D eigenvalue weighted by molar-refractivity contribution is 5.14. The van der Waals surface area contributed by atoms with Crippen LogP contribution < -0.4 is 0 Å². The van der Waals surface area contributed by atoms with Crippen molar-refractivity contribution in [2.24, 2.45) is 5.92 Å². The van der Waals surface area contributed by atoms with Gasteiger partial charge in [0.2, 0.25) is 0 Å². The molecule has 0 bridgehead atoms. The van der Waals surface area contributed by atoms with Crippen molar-refractivity contribution < 1.29 is 14.6 Å². The second-order valence-corrected chi connectivity index (χ2v) is 7.11. The highest BCUT2D eigenvalue weighted by atomic mass is 16.7. The minimum atomic E-state index is -0.331. The summed E-state index contributed by atoms with van der Waals surface area (Å²) in [6, 6.07) is 10.4. The van der Waals surface area contributed by atoms with Gasteiger partial charge >= 0.3 is 0 Å². The minimum absolute atomic E-state index is 0.0364. The second-order valence-electron chi connectivity index (χ2n) is 7.11. The van der Waals surface area contributed by atoms with E-state index in [1.807, 2.05) is 6.07 Å². The summed E-state index contributed by atoms with van der Waals surface area (Å²) in [6.07, 6.45) is 1.94. The van der Waals surface area contributed by atoms with Crippen LogP contribution in [0.4, 0.5) is 0 Å². The van der Waals surface area contributed by atoms with E-state index in [4.69, 9.17) is 9.47 Å². The Balaban J connectivity index is 1.41. The number of benzene rings is 1. The lowest BCUT2D eigenvalue weighted by Crippen LogP contribution is -2.45. The summed E-state index contributed by atoms with van der Waals surface area (Å²) in [7, 11) is 2.06. The quantitative estimate of drug-likeness (QED) is 0.820. The number of hydrogen-bond donors (Lipinski definition) is 1. The zero-order valence-electron chi connectivity index (χ0n) is 14.6. The lowest BCUT2D eigenvalue weighted by Gasteiger charge is -2.36. The van der Waals surface area contributed by atoms with Crippen LogP contribution in [0.3, 0.4) is 0 Å². The molecule has 0 amide bonds. The topological polar surface area (TPSA) is 45.2 Å². The standard InChI is InChI=1S/C19H30N2O3/c1-20(12-16-6-3-2-4-7-16)14-18(22)15-21-9-5-8-17(13-21)19-23-10-11-24-19/h2-4,6-7,17-19,22H,5,8-15H2,1H3. The molecule has 0 aliphatic carbocycles. The molecule has 0 radical (unpaired) electrons. The highest BCUT2D eigenvalue weighted by Crippen LogP contribution is 2.24. The van der Waals surface area contributed by atoms with Crippen molar-refractivity contribution in [3.05, 3.63) is 35.9 Å². The van der Waals surface area contributed by atoms with Crippen molar-refractivity contribution in [2.45, 2.75) is 31.8 Å². The van der Waals surface area contributed by atoms with E-state index in [2.05, 4.69) is 41.1 Å². The number of piperidine rings is 1. The van der Waals surface area contributed by atoms with Gasteiger partial charge in [-0.25, -0.2) is 0 Å². The summed E-state index contributed by atoms with van der Waals surface area (Å²) in [5.41, 5.74) is 1.28. The van der Waals surface area contributed by atoms with E-state index in [0.717, 1.165) is 39.0 Å². The van der Waals surface area contributed by atoms with Gasteiger partial charge in [-0.1, -0.05) is 30.3 Å². The Kier molecular flexibility index (Phi) is 6.63. The van der Waals surface area contributed by atoms with Gasteiger partial charge in [0, 0.05) is 32.1 Å². The Morgan fingerprint density at radius 3 is 2.75 bits per heavy atom. The number of aliphatic hydroxyl groups excluding tert-OH is 1. The fourth-order valence-electron chi connectivity index (χ4n) is 3.80. The Labute approximate surface area is 145 Å². The van der Waals surface area contributed by atoms with Crippen molar-refractivity contribution in [3.8, 4) is 0 Å². The second kappa shape index (κ2) is 8.92. The Bertz CT molecular complexity index is 479. The van der Waals surface area contributed by atoms with Crippen molar-refractivity contribution >= 4 is 0 Å². The number of nitrogens with zero attached hydrogens (tertiary/aromatic N) is 2. The third-order valence-electron chi connectivity index (χ3n) is 4.86. The smallest absolute Gasteiger partial charge is 0.161 e. The van der Waals surface area contributed by atoms with Gasteiger partial charge in [0.25, 0.3) is 0 Å². The fraction of sp³-hybridized carbons (Fsp3) is 0.684. The van der Waals surface area contributed by atoms with Crippen LogP contribution in [-0.4, -0.2) is 73.7 Å². The first kappa shape index (κ1) is 17.8. The molecule has 2 heterocycles. The van der Waals surface area contributed by atoms with Crippen LogP contribution >= 0.6 is 0 Å². The lowest BCUT2D eigenvalue weighted by molar-refractivity contribution is -0.102. The Hall–Kier alpha value is -0.980. The maximum Gasteiger partial charge on any atom is 0.161 e. The largest absolute Gasteiger partial charge is 0.390 e. The summed E-state index contributed by atoms with van der Waals surface area (Å²) >= 11 is 0. The molecule has 2 aliphatic rings. The van der Waals surface area contributed by atoms with Gasteiger partial charge in [0.15, 0.2) is 6.29 Å². The summed E-state index contributed by atoms with van der Waals surface area (Å²) in [4.78, 5) is 4.55. The maximum absolute atomic E-state index is 10.5. The molecular weight excluding hydrogens is 304 g/mol. The van der Waals surface area contributed by atoms with E-state index in [1.54, 1.807) is 0 Å². The molecule has 2 saturated heterocycles. The maximum atomic E-state index is 10.5. The van der Waals surface area contributed by atoms with Gasteiger partial charge in [-0.3, -0.25) is 4.90 Å². The van der Waals surface area contributed by atoms with Crippen LogP contribution in [-0.2, 0) is 16.0 Å². The molecular formula is C19H30N2O3. The molecule has 5 heteroatoms. The van der Waals surface area contributed by atoms with E-state index in [-0.39, 0.29) is 12.4 Å². The van der Waals surface area contributed by atoms with Crippen molar-refractivity contribution in [1.29, 1.82) is 0 Å². The molecule has 2 unspecified atom stereocenters. The van der Waals surface area contributed by atoms with E-state index in [1.165, 1.54) is 5.56 Å². The molecule has 2 fully saturated rings. The Morgan fingerprint density at radius 1 is 1.25 bits per heavy atom. The van der Waals surface area contributed by atoms with Crippen LogP contribution in [0.2, 0.25) is 0 Å². The molecule has 0 saturated carbocycles. The third kappa shape index (κ3) is 5.26. The monoisotopic (exact) mass is 334 g/mol. The van der Waals surface area contributed by atoms with Crippen LogP contribution in [0.15, 0.2) is 30.3 Å². The van der Waals surface area contributed by atoms with Crippen LogP contribution in [0.5, 0.6) is 0 Å². The van der Waals surface area contributed by atoms with Crippen LogP contribution in [0.25, 0.3) is 0 Å².